The van der Waals surface area contributed by atoms with E-state index in [9.17, 15) is 5.11 Å². The van der Waals surface area contributed by atoms with Crippen molar-refractivity contribution in [3.63, 3.8) is 0 Å². The third-order valence-corrected chi connectivity index (χ3v) is 2.46. The lowest BCUT2D eigenvalue weighted by Gasteiger charge is -2.04. The van der Waals surface area contributed by atoms with E-state index in [4.69, 9.17) is 4.74 Å². The molecule has 0 aliphatic carbocycles. The molecule has 2 atom stereocenters. The Morgan fingerprint density at radius 3 is 2.62 bits per heavy atom. The van der Waals surface area contributed by atoms with Crippen LogP contribution < -0.4 is 0 Å². The van der Waals surface area contributed by atoms with E-state index in [1.807, 2.05) is 37.3 Å². The fourth-order valence-corrected chi connectivity index (χ4v) is 1.66. The summed E-state index contributed by atoms with van der Waals surface area (Å²) in [5, 5.41) is 9.82. The van der Waals surface area contributed by atoms with E-state index in [-0.39, 0.29) is 6.10 Å². The first-order valence-electron chi connectivity index (χ1n) is 4.69. The first kappa shape index (κ1) is 8.73. The number of hydrogen-bond acceptors (Lipinski definition) is 2. The lowest BCUT2D eigenvalue weighted by atomic mass is 10.0. The van der Waals surface area contributed by atoms with E-state index in [2.05, 4.69) is 0 Å². The van der Waals surface area contributed by atoms with Crippen LogP contribution in [0.3, 0.4) is 0 Å². The molecule has 13 heavy (non-hydrogen) atoms. The summed E-state index contributed by atoms with van der Waals surface area (Å²) in [5.41, 5.74) is 1.13. The summed E-state index contributed by atoms with van der Waals surface area (Å²) in [4.78, 5) is 0. The highest BCUT2D eigenvalue weighted by Gasteiger charge is 2.53. The van der Waals surface area contributed by atoms with Crippen molar-refractivity contribution in [2.24, 2.45) is 0 Å². The van der Waals surface area contributed by atoms with Gasteiger partial charge in [-0.05, 0) is 12.0 Å². The molecule has 0 radical (unpaired) electrons. The minimum Gasteiger partial charge on any atom is -0.363 e. The van der Waals surface area contributed by atoms with E-state index in [0.717, 1.165) is 12.0 Å². The van der Waals surface area contributed by atoms with Gasteiger partial charge in [0.2, 0.25) is 0 Å². The largest absolute Gasteiger partial charge is 0.363 e. The third kappa shape index (κ3) is 1.74. The molecule has 0 aromatic heterocycles. The summed E-state index contributed by atoms with van der Waals surface area (Å²) in [7, 11) is 0. The highest BCUT2D eigenvalue weighted by Crippen LogP contribution is 2.38. The van der Waals surface area contributed by atoms with Gasteiger partial charge in [-0.2, -0.15) is 0 Å². The number of aliphatic hydroxyl groups is 1. The van der Waals surface area contributed by atoms with Gasteiger partial charge in [-0.1, -0.05) is 37.3 Å². The molecule has 0 bridgehead atoms. The number of ether oxygens (including phenoxy) is 1. The number of benzene rings is 1. The zero-order chi connectivity index (χ0) is 9.31. The van der Waals surface area contributed by atoms with E-state index >= 15 is 0 Å². The van der Waals surface area contributed by atoms with Crippen LogP contribution >= 0.6 is 0 Å². The molecule has 1 aromatic rings. The van der Waals surface area contributed by atoms with E-state index in [1.54, 1.807) is 0 Å². The summed E-state index contributed by atoms with van der Waals surface area (Å²) in [6, 6.07) is 9.93. The average Bonchev–Trinajstić information content (AvgIpc) is 2.78. The molecule has 1 aliphatic rings. The molecule has 2 heteroatoms. The van der Waals surface area contributed by atoms with Gasteiger partial charge in [0.15, 0.2) is 5.79 Å². The first-order chi connectivity index (χ1) is 6.24. The van der Waals surface area contributed by atoms with Crippen LogP contribution in [0.15, 0.2) is 30.3 Å². The van der Waals surface area contributed by atoms with Gasteiger partial charge in [-0.15, -0.1) is 0 Å². The number of rotatable bonds is 3. The topological polar surface area (TPSA) is 32.8 Å². The minimum atomic E-state index is -0.879. The van der Waals surface area contributed by atoms with Gasteiger partial charge in [-0.25, -0.2) is 0 Å². The van der Waals surface area contributed by atoms with Gasteiger partial charge in [0, 0.05) is 6.42 Å². The fourth-order valence-electron chi connectivity index (χ4n) is 1.66. The normalized spacial score (nSPS) is 31.7. The van der Waals surface area contributed by atoms with Gasteiger partial charge < -0.3 is 9.84 Å². The van der Waals surface area contributed by atoms with E-state index in [0.29, 0.717) is 6.42 Å². The summed E-state index contributed by atoms with van der Waals surface area (Å²) in [6.07, 6.45) is 1.52. The predicted octanol–water partition coefficient (Wildman–Crippen LogP) is 1.73. The zero-order valence-corrected chi connectivity index (χ0v) is 7.73. The van der Waals surface area contributed by atoms with Crippen LogP contribution in [-0.2, 0) is 11.2 Å². The molecule has 70 valence electrons. The highest BCUT2D eigenvalue weighted by atomic mass is 16.7. The van der Waals surface area contributed by atoms with Crippen molar-refractivity contribution in [2.45, 2.75) is 31.7 Å². The quantitative estimate of drug-likeness (QED) is 0.715. The predicted molar refractivity (Wildman–Crippen MR) is 50.3 cm³/mol. The Hall–Kier alpha value is -0.860. The van der Waals surface area contributed by atoms with Crippen LogP contribution in [0.2, 0.25) is 0 Å². The molecule has 1 heterocycles. The van der Waals surface area contributed by atoms with Crippen LogP contribution in [0.5, 0.6) is 0 Å². The summed E-state index contributed by atoms with van der Waals surface area (Å²) in [5.74, 6) is -0.879. The van der Waals surface area contributed by atoms with Gasteiger partial charge >= 0.3 is 0 Å². The molecule has 1 saturated heterocycles. The van der Waals surface area contributed by atoms with Crippen LogP contribution in [0.25, 0.3) is 0 Å². The number of hydrogen-bond donors (Lipinski definition) is 1. The van der Waals surface area contributed by atoms with Crippen molar-refractivity contribution in [1.29, 1.82) is 0 Å². The van der Waals surface area contributed by atoms with Gasteiger partial charge in [0.1, 0.15) is 6.10 Å². The Bertz CT molecular complexity index is 283. The van der Waals surface area contributed by atoms with Gasteiger partial charge in [0.05, 0.1) is 0 Å². The Morgan fingerprint density at radius 2 is 2.08 bits per heavy atom. The molecule has 2 rings (SSSR count). The molecule has 0 amide bonds. The molecule has 2 unspecified atom stereocenters. The number of epoxide rings is 1. The molecular formula is C11H14O2. The Labute approximate surface area is 78.2 Å². The molecule has 1 fully saturated rings. The maximum absolute atomic E-state index is 9.82. The SMILES string of the molecule is CCC1OC1(O)Cc1ccccc1. The standard InChI is InChI=1S/C11H14O2/c1-2-10-11(12,13-10)8-9-6-4-3-5-7-9/h3-7,10,12H,2,8H2,1H3. The third-order valence-electron chi connectivity index (χ3n) is 2.46. The summed E-state index contributed by atoms with van der Waals surface area (Å²) >= 11 is 0. The van der Waals surface area contributed by atoms with Crippen LogP contribution in [0.4, 0.5) is 0 Å². The lowest BCUT2D eigenvalue weighted by Crippen LogP contribution is -2.17. The molecule has 0 saturated carbocycles. The van der Waals surface area contributed by atoms with Crippen molar-refractivity contribution in [1.82, 2.24) is 0 Å². The van der Waals surface area contributed by atoms with Crippen molar-refractivity contribution < 1.29 is 9.84 Å². The molecule has 1 aromatic carbocycles. The second-order valence-corrected chi connectivity index (χ2v) is 3.52. The van der Waals surface area contributed by atoms with E-state index < -0.39 is 5.79 Å². The van der Waals surface area contributed by atoms with Crippen molar-refractivity contribution >= 4 is 0 Å². The Kier molecular flexibility index (Phi) is 2.10. The maximum Gasteiger partial charge on any atom is 0.196 e. The summed E-state index contributed by atoms with van der Waals surface area (Å²) in [6.45, 7) is 2.02. The van der Waals surface area contributed by atoms with Gasteiger partial charge in [0.25, 0.3) is 0 Å². The van der Waals surface area contributed by atoms with Crippen LogP contribution in [0.1, 0.15) is 18.9 Å². The Morgan fingerprint density at radius 1 is 1.38 bits per heavy atom. The second kappa shape index (κ2) is 3.13. The van der Waals surface area contributed by atoms with Crippen LogP contribution in [0, 0.1) is 0 Å². The maximum atomic E-state index is 9.82. The molecule has 0 spiro atoms. The van der Waals surface area contributed by atoms with Crippen molar-refractivity contribution in [2.75, 3.05) is 0 Å². The molecule has 2 nitrogen and oxygen atoms in total. The van der Waals surface area contributed by atoms with Gasteiger partial charge in [-0.3, -0.25) is 0 Å². The molecule has 1 N–H and O–H groups in total. The van der Waals surface area contributed by atoms with Crippen molar-refractivity contribution in [3.8, 4) is 0 Å². The smallest absolute Gasteiger partial charge is 0.196 e. The average molecular weight is 178 g/mol. The summed E-state index contributed by atoms with van der Waals surface area (Å²) < 4.78 is 5.21. The lowest BCUT2D eigenvalue weighted by molar-refractivity contribution is 0.0371. The fraction of sp³-hybridized carbons (Fsp3) is 0.455. The highest BCUT2D eigenvalue weighted by molar-refractivity contribution is 5.18. The minimum absolute atomic E-state index is 0.0349. The monoisotopic (exact) mass is 178 g/mol. The Balaban J connectivity index is 2.00. The van der Waals surface area contributed by atoms with E-state index in [1.165, 1.54) is 0 Å². The molecule has 1 aliphatic heterocycles. The molecular weight excluding hydrogens is 164 g/mol. The second-order valence-electron chi connectivity index (χ2n) is 3.52. The van der Waals surface area contributed by atoms with Crippen LogP contribution in [-0.4, -0.2) is 17.0 Å². The zero-order valence-electron chi connectivity index (χ0n) is 7.73. The van der Waals surface area contributed by atoms with Crippen molar-refractivity contribution in [3.05, 3.63) is 35.9 Å². The first-order valence-corrected chi connectivity index (χ1v) is 4.69.